The molecular weight excluding hydrogens is 216 g/mol. The van der Waals surface area contributed by atoms with Crippen LogP contribution in [-0.4, -0.2) is 21.7 Å². The molecule has 0 aromatic carbocycles. The van der Waals surface area contributed by atoms with E-state index in [9.17, 15) is 4.79 Å². The monoisotopic (exact) mass is 234 g/mol. The Balaban J connectivity index is 2.95. The van der Waals surface area contributed by atoms with Crippen molar-refractivity contribution >= 4 is 5.91 Å². The highest BCUT2D eigenvalue weighted by molar-refractivity contribution is 5.96. The quantitative estimate of drug-likeness (QED) is 0.857. The third-order valence-electron chi connectivity index (χ3n) is 2.83. The van der Waals surface area contributed by atoms with Gasteiger partial charge in [-0.3, -0.25) is 9.48 Å². The maximum Gasteiger partial charge on any atom is 0.256 e. The zero-order valence-electron chi connectivity index (χ0n) is 10.9. The van der Waals surface area contributed by atoms with Crippen LogP contribution in [0.25, 0.3) is 0 Å². The molecule has 1 rings (SSSR count). The maximum absolute atomic E-state index is 12.1. The Hall–Kier alpha value is -1.83. The molecule has 0 fully saturated rings. The van der Waals surface area contributed by atoms with E-state index < -0.39 is 6.04 Å². The van der Waals surface area contributed by atoms with E-state index in [1.807, 2.05) is 20.8 Å². The fourth-order valence-corrected chi connectivity index (χ4v) is 1.66. The highest BCUT2D eigenvalue weighted by Crippen LogP contribution is 2.12. The number of hydrogen-bond acceptors (Lipinski definition) is 3. The Morgan fingerprint density at radius 2 is 2.06 bits per heavy atom. The normalized spacial score (nSPS) is 12.3. The Morgan fingerprint density at radius 3 is 2.41 bits per heavy atom. The van der Waals surface area contributed by atoms with Crippen molar-refractivity contribution in [3.8, 4) is 6.07 Å². The first-order valence-electron chi connectivity index (χ1n) is 5.59. The third-order valence-corrected chi connectivity index (χ3v) is 2.83. The second kappa shape index (κ2) is 5.00. The topological polar surface area (TPSA) is 70.7 Å². The van der Waals surface area contributed by atoms with Crippen LogP contribution in [0.15, 0.2) is 0 Å². The number of nitrogens with zero attached hydrogens (tertiary/aromatic N) is 3. The van der Waals surface area contributed by atoms with E-state index in [1.54, 1.807) is 18.7 Å². The maximum atomic E-state index is 12.1. The zero-order valence-corrected chi connectivity index (χ0v) is 10.9. The van der Waals surface area contributed by atoms with Gasteiger partial charge < -0.3 is 5.32 Å². The minimum absolute atomic E-state index is 0.0845. The van der Waals surface area contributed by atoms with Crippen molar-refractivity contribution in [3.05, 3.63) is 17.0 Å². The third kappa shape index (κ3) is 2.64. The molecule has 0 aliphatic rings. The Kier molecular flexibility index (Phi) is 3.89. The van der Waals surface area contributed by atoms with Crippen LogP contribution in [0.1, 0.15) is 35.6 Å². The molecule has 1 atom stereocenters. The fourth-order valence-electron chi connectivity index (χ4n) is 1.66. The van der Waals surface area contributed by atoms with E-state index in [0.717, 1.165) is 5.69 Å². The number of carbonyl (C=O) groups is 1. The summed E-state index contributed by atoms with van der Waals surface area (Å²) in [4.78, 5) is 12.1. The number of amides is 1. The van der Waals surface area contributed by atoms with Gasteiger partial charge in [-0.05, 0) is 19.8 Å². The molecule has 0 radical (unpaired) electrons. The first-order chi connectivity index (χ1) is 7.88. The molecular formula is C12H18N4O. The molecule has 1 amide bonds. The lowest BCUT2D eigenvalue weighted by atomic mass is 10.1. The summed E-state index contributed by atoms with van der Waals surface area (Å²) in [6, 6.07) is 1.62. The van der Waals surface area contributed by atoms with Gasteiger partial charge in [-0.15, -0.1) is 0 Å². The Morgan fingerprint density at radius 1 is 1.47 bits per heavy atom. The highest BCUT2D eigenvalue weighted by atomic mass is 16.1. The van der Waals surface area contributed by atoms with Gasteiger partial charge in [0.25, 0.3) is 5.91 Å². The molecule has 0 aliphatic heterocycles. The van der Waals surface area contributed by atoms with Crippen LogP contribution in [0.2, 0.25) is 0 Å². The van der Waals surface area contributed by atoms with Crippen molar-refractivity contribution in [2.24, 2.45) is 13.0 Å². The fraction of sp³-hybridized carbons (Fsp3) is 0.583. The molecule has 5 heteroatoms. The molecule has 1 N–H and O–H groups in total. The van der Waals surface area contributed by atoms with E-state index in [-0.39, 0.29) is 11.8 Å². The van der Waals surface area contributed by atoms with Gasteiger partial charge in [-0.2, -0.15) is 10.4 Å². The van der Waals surface area contributed by atoms with Crippen LogP contribution in [-0.2, 0) is 7.05 Å². The zero-order chi connectivity index (χ0) is 13.2. The van der Waals surface area contributed by atoms with Crippen molar-refractivity contribution in [1.82, 2.24) is 15.1 Å². The van der Waals surface area contributed by atoms with Crippen LogP contribution in [0.4, 0.5) is 0 Å². The molecule has 1 aromatic heterocycles. The average Bonchev–Trinajstić information content (AvgIpc) is 2.49. The predicted octanol–water partition coefficient (Wildman–Crippen LogP) is 1.31. The predicted molar refractivity (Wildman–Crippen MR) is 64.4 cm³/mol. The van der Waals surface area contributed by atoms with E-state index in [1.165, 1.54) is 0 Å². The van der Waals surface area contributed by atoms with Crippen molar-refractivity contribution in [2.75, 3.05) is 0 Å². The smallest absolute Gasteiger partial charge is 0.256 e. The van der Waals surface area contributed by atoms with Crippen molar-refractivity contribution < 1.29 is 4.79 Å². The summed E-state index contributed by atoms with van der Waals surface area (Å²) < 4.78 is 1.67. The highest BCUT2D eigenvalue weighted by Gasteiger charge is 2.21. The Bertz CT molecular complexity index is 468. The van der Waals surface area contributed by atoms with Gasteiger partial charge in [-0.1, -0.05) is 13.8 Å². The van der Waals surface area contributed by atoms with E-state index >= 15 is 0 Å². The van der Waals surface area contributed by atoms with Gasteiger partial charge >= 0.3 is 0 Å². The molecule has 1 heterocycles. The summed E-state index contributed by atoms with van der Waals surface area (Å²) in [6.45, 7) is 7.43. The molecule has 0 saturated heterocycles. The summed E-state index contributed by atoms with van der Waals surface area (Å²) in [5.41, 5.74) is 2.05. The number of hydrogen-bond donors (Lipinski definition) is 1. The number of aryl methyl sites for hydroxylation is 2. The van der Waals surface area contributed by atoms with Crippen molar-refractivity contribution in [2.45, 2.75) is 33.7 Å². The van der Waals surface area contributed by atoms with E-state index in [4.69, 9.17) is 5.26 Å². The molecule has 1 unspecified atom stereocenters. The van der Waals surface area contributed by atoms with Crippen LogP contribution in [0.5, 0.6) is 0 Å². The molecule has 17 heavy (non-hydrogen) atoms. The first-order valence-corrected chi connectivity index (χ1v) is 5.59. The SMILES string of the molecule is Cc1nn(C)c(C)c1C(=O)NC(C#N)C(C)C. The van der Waals surface area contributed by atoms with Crippen LogP contribution in [0.3, 0.4) is 0 Å². The molecule has 5 nitrogen and oxygen atoms in total. The second-order valence-electron chi connectivity index (χ2n) is 4.49. The summed E-state index contributed by atoms with van der Waals surface area (Å²) in [5, 5.41) is 15.9. The second-order valence-corrected chi connectivity index (χ2v) is 4.49. The number of aromatic nitrogens is 2. The van der Waals surface area contributed by atoms with Gasteiger partial charge in [0.05, 0.1) is 17.3 Å². The van der Waals surface area contributed by atoms with Gasteiger partial charge in [0.1, 0.15) is 6.04 Å². The number of rotatable bonds is 3. The lowest BCUT2D eigenvalue weighted by molar-refractivity contribution is 0.0936. The summed E-state index contributed by atoms with van der Waals surface area (Å²) in [7, 11) is 1.79. The molecule has 92 valence electrons. The van der Waals surface area contributed by atoms with Crippen LogP contribution in [0, 0.1) is 31.1 Å². The van der Waals surface area contributed by atoms with Gasteiger partial charge in [0.15, 0.2) is 0 Å². The minimum Gasteiger partial charge on any atom is -0.336 e. The van der Waals surface area contributed by atoms with Gasteiger partial charge in [0, 0.05) is 12.7 Å². The molecule has 0 bridgehead atoms. The molecule has 0 aliphatic carbocycles. The average molecular weight is 234 g/mol. The summed E-state index contributed by atoms with van der Waals surface area (Å²) in [5.74, 6) is -0.144. The van der Waals surface area contributed by atoms with Crippen molar-refractivity contribution in [1.29, 1.82) is 5.26 Å². The minimum atomic E-state index is -0.471. The molecule has 0 spiro atoms. The number of nitrogens with one attached hydrogen (secondary N) is 1. The first kappa shape index (κ1) is 13.2. The van der Waals surface area contributed by atoms with Crippen molar-refractivity contribution in [3.63, 3.8) is 0 Å². The van der Waals surface area contributed by atoms with Crippen LogP contribution >= 0.6 is 0 Å². The standard InChI is InChI=1S/C12H18N4O/c1-7(2)10(6-13)14-12(17)11-8(3)15-16(5)9(11)4/h7,10H,1-5H3,(H,14,17). The van der Waals surface area contributed by atoms with Gasteiger partial charge in [-0.25, -0.2) is 0 Å². The molecule has 0 saturated carbocycles. The Labute approximate surface area is 101 Å². The summed E-state index contributed by atoms with van der Waals surface area (Å²) in [6.07, 6.45) is 0. The van der Waals surface area contributed by atoms with E-state index in [2.05, 4.69) is 16.5 Å². The van der Waals surface area contributed by atoms with Crippen LogP contribution < -0.4 is 5.32 Å². The lowest BCUT2D eigenvalue weighted by Gasteiger charge is -2.14. The largest absolute Gasteiger partial charge is 0.336 e. The van der Waals surface area contributed by atoms with Gasteiger partial charge in [0.2, 0.25) is 0 Å². The number of carbonyl (C=O) groups excluding carboxylic acids is 1. The lowest BCUT2D eigenvalue weighted by Crippen LogP contribution is -2.37. The van der Waals surface area contributed by atoms with E-state index in [0.29, 0.717) is 11.3 Å². The number of nitriles is 1. The molecule has 1 aromatic rings. The summed E-state index contributed by atoms with van der Waals surface area (Å²) >= 11 is 0.